The van der Waals surface area contributed by atoms with Gasteiger partial charge in [-0.3, -0.25) is 0 Å². The van der Waals surface area contributed by atoms with E-state index >= 15 is 0 Å². The first-order valence-corrected chi connectivity index (χ1v) is 8.05. The van der Waals surface area contributed by atoms with Gasteiger partial charge in [0.1, 0.15) is 0 Å². The molecule has 1 aromatic heterocycles. The second-order valence-electron chi connectivity index (χ2n) is 3.96. The minimum absolute atomic E-state index is 0.321. The molecule has 1 aromatic carbocycles. The Morgan fingerprint density at radius 2 is 2.06 bits per heavy atom. The Labute approximate surface area is 112 Å². The van der Waals surface area contributed by atoms with E-state index in [0.29, 0.717) is 11.4 Å². The first kappa shape index (κ1) is 13.3. The molecule has 0 unspecified atom stereocenters. The fraction of sp³-hybridized carbons (Fsp3) is 0.231. The summed E-state index contributed by atoms with van der Waals surface area (Å²) in [6.07, 6.45) is 0. The maximum atomic E-state index is 11.9. The lowest BCUT2D eigenvalue weighted by Gasteiger charge is -2.08. The molecule has 3 nitrogen and oxygen atoms in total. The maximum absolute atomic E-state index is 11.9. The molecule has 0 fully saturated rings. The Morgan fingerprint density at radius 3 is 2.61 bits per heavy atom. The molecule has 2 rings (SSSR count). The normalized spacial score (nSPS) is 11.7. The van der Waals surface area contributed by atoms with Gasteiger partial charge in [0.05, 0.1) is 4.90 Å². The van der Waals surface area contributed by atoms with Gasteiger partial charge in [-0.05, 0) is 41.6 Å². The molecule has 0 aliphatic rings. The van der Waals surface area contributed by atoms with Gasteiger partial charge in [-0.25, -0.2) is 13.1 Å². The van der Waals surface area contributed by atoms with Crippen LogP contribution in [0.5, 0.6) is 0 Å². The molecular formula is C13H15NO2S2. The molecule has 18 heavy (non-hydrogen) atoms. The third-order valence-electron chi connectivity index (χ3n) is 2.63. The van der Waals surface area contributed by atoms with E-state index in [2.05, 4.69) is 4.72 Å². The molecule has 0 atom stereocenters. The summed E-state index contributed by atoms with van der Waals surface area (Å²) in [5.74, 6) is 0. The summed E-state index contributed by atoms with van der Waals surface area (Å²) in [6.45, 7) is 4.10. The zero-order valence-corrected chi connectivity index (χ0v) is 11.9. The van der Waals surface area contributed by atoms with Gasteiger partial charge in [-0.15, -0.1) is 11.3 Å². The first-order chi connectivity index (χ1) is 8.54. The van der Waals surface area contributed by atoms with Crippen molar-refractivity contribution in [3.63, 3.8) is 0 Å². The minimum Gasteiger partial charge on any atom is -0.211 e. The second-order valence-corrected chi connectivity index (χ2v) is 6.67. The molecule has 0 bridgehead atoms. The van der Waals surface area contributed by atoms with Crippen LogP contribution >= 0.6 is 11.3 Å². The highest BCUT2D eigenvalue weighted by Crippen LogP contribution is 2.29. The highest BCUT2D eigenvalue weighted by atomic mass is 32.2. The van der Waals surface area contributed by atoms with Crippen molar-refractivity contribution >= 4 is 21.4 Å². The smallest absolute Gasteiger partial charge is 0.211 e. The predicted octanol–water partition coefficient (Wildman–Crippen LogP) is 3.02. The summed E-state index contributed by atoms with van der Waals surface area (Å²) in [4.78, 5) is 1.47. The lowest BCUT2D eigenvalue weighted by molar-refractivity contribution is 0.584. The lowest BCUT2D eigenvalue weighted by Crippen LogP contribution is -2.23. The SMILES string of the molecule is CCNS(=O)(=O)c1ccc(-c2cccs2)c(C)c1. The fourth-order valence-corrected chi connectivity index (χ4v) is 3.73. The van der Waals surface area contributed by atoms with Crippen LogP contribution in [0.25, 0.3) is 10.4 Å². The summed E-state index contributed by atoms with van der Waals surface area (Å²) in [5.41, 5.74) is 2.05. The Hall–Kier alpha value is -1.17. The first-order valence-electron chi connectivity index (χ1n) is 5.69. The largest absolute Gasteiger partial charge is 0.240 e. The van der Waals surface area contributed by atoms with E-state index in [9.17, 15) is 8.42 Å². The van der Waals surface area contributed by atoms with Crippen LogP contribution in [0.3, 0.4) is 0 Å². The lowest BCUT2D eigenvalue weighted by atomic mass is 10.1. The van der Waals surface area contributed by atoms with Crippen LogP contribution < -0.4 is 4.72 Å². The molecule has 1 N–H and O–H groups in total. The van der Waals surface area contributed by atoms with Crippen LogP contribution in [0.4, 0.5) is 0 Å². The standard InChI is InChI=1S/C13H15NO2S2/c1-3-14-18(15,16)11-6-7-12(10(2)9-11)13-5-4-8-17-13/h4-9,14H,3H2,1-2H3. The number of nitrogens with one attached hydrogen (secondary N) is 1. The third-order valence-corrected chi connectivity index (χ3v) is 5.08. The molecular weight excluding hydrogens is 266 g/mol. The van der Waals surface area contributed by atoms with Gasteiger partial charge in [0.15, 0.2) is 0 Å². The van der Waals surface area contributed by atoms with Crippen LogP contribution in [-0.4, -0.2) is 15.0 Å². The quantitative estimate of drug-likeness (QED) is 0.936. The van der Waals surface area contributed by atoms with Crippen molar-refractivity contribution < 1.29 is 8.42 Å². The van der Waals surface area contributed by atoms with Crippen LogP contribution in [-0.2, 0) is 10.0 Å². The van der Waals surface area contributed by atoms with Crippen molar-refractivity contribution in [1.29, 1.82) is 0 Å². The summed E-state index contributed by atoms with van der Waals surface area (Å²) in [7, 11) is -3.37. The van der Waals surface area contributed by atoms with Gasteiger partial charge in [0.25, 0.3) is 0 Å². The second kappa shape index (κ2) is 5.22. The number of benzene rings is 1. The average molecular weight is 281 g/mol. The number of hydrogen-bond acceptors (Lipinski definition) is 3. The van der Waals surface area contributed by atoms with Gasteiger partial charge in [-0.2, -0.15) is 0 Å². The van der Waals surface area contributed by atoms with Gasteiger partial charge < -0.3 is 0 Å². The Bertz CT molecular complexity index is 631. The van der Waals surface area contributed by atoms with E-state index in [1.54, 1.807) is 30.4 Å². The van der Waals surface area contributed by atoms with Gasteiger partial charge in [-0.1, -0.05) is 19.1 Å². The number of rotatable bonds is 4. The molecule has 0 radical (unpaired) electrons. The molecule has 0 saturated carbocycles. The highest BCUT2D eigenvalue weighted by molar-refractivity contribution is 7.89. The number of hydrogen-bond donors (Lipinski definition) is 1. The van der Waals surface area contributed by atoms with Gasteiger partial charge in [0, 0.05) is 11.4 Å². The van der Waals surface area contributed by atoms with Crippen LogP contribution in [0.2, 0.25) is 0 Å². The van der Waals surface area contributed by atoms with Gasteiger partial charge >= 0.3 is 0 Å². The minimum atomic E-state index is -3.37. The summed E-state index contributed by atoms with van der Waals surface area (Å²) in [6, 6.07) is 9.26. The van der Waals surface area contributed by atoms with Crippen molar-refractivity contribution in [3.8, 4) is 10.4 Å². The highest BCUT2D eigenvalue weighted by Gasteiger charge is 2.14. The van der Waals surface area contributed by atoms with Crippen molar-refractivity contribution in [3.05, 3.63) is 41.3 Å². The van der Waals surface area contributed by atoms with Crippen molar-refractivity contribution in [2.45, 2.75) is 18.7 Å². The zero-order valence-electron chi connectivity index (χ0n) is 10.3. The summed E-state index contributed by atoms with van der Waals surface area (Å²) < 4.78 is 26.2. The molecule has 0 spiro atoms. The maximum Gasteiger partial charge on any atom is 0.240 e. The Morgan fingerprint density at radius 1 is 1.28 bits per heavy atom. The van der Waals surface area contributed by atoms with Crippen LogP contribution in [0.1, 0.15) is 12.5 Å². The van der Waals surface area contributed by atoms with Crippen LogP contribution in [0.15, 0.2) is 40.6 Å². The molecule has 2 aromatic rings. The van der Waals surface area contributed by atoms with E-state index in [0.717, 1.165) is 16.0 Å². The molecule has 5 heteroatoms. The van der Waals surface area contributed by atoms with E-state index in [-0.39, 0.29) is 0 Å². The molecule has 0 aliphatic carbocycles. The van der Waals surface area contributed by atoms with E-state index in [1.165, 1.54) is 0 Å². The fourth-order valence-electron chi connectivity index (χ4n) is 1.78. The third kappa shape index (κ3) is 2.63. The number of aryl methyl sites for hydroxylation is 1. The van der Waals surface area contributed by atoms with Crippen molar-refractivity contribution in [2.75, 3.05) is 6.54 Å². The number of thiophene rings is 1. The molecule has 0 saturated heterocycles. The zero-order chi connectivity index (χ0) is 13.2. The van der Waals surface area contributed by atoms with Crippen LogP contribution in [0, 0.1) is 6.92 Å². The topological polar surface area (TPSA) is 46.2 Å². The monoisotopic (exact) mass is 281 g/mol. The van der Waals surface area contributed by atoms with E-state index < -0.39 is 10.0 Å². The number of sulfonamides is 1. The predicted molar refractivity (Wildman–Crippen MR) is 75.4 cm³/mol. The van der Waals surface area contributed by atoms with Crippen molar-refractivity contribution in [1.82, 2.24) is 4.72 Å². The Kier molecular flexibility index (Phi) is 3.85. The summed E-state index contributed by atoms with van der Waals surface area (Å²) in [5, 5.41) is 2.01. The Balaban J connectivity index is 2.43. The van der Waals surface area contributed by atoms with Crippen molar-refractivity contribution in [2.24, 2.45) is 0 Å². The molecule has 1 heterocycles. The average Bonchev–Trinajstić information content (AvgIpc) is 2.82. The molecule has 0 aliphatic heterocycles. The summed E-state index contributed by atoms with van der Waals surface area (Å²) >= 11 is 1.65. The van der Waals surface area contributed by atoms with E-state index in [4.69, 9.17) is 0 Å². The molecule has 0 amide bonds. The molecule has 96 valence electrons. The van der Waals surface area contributed by atoms with E-state index in [1.807, 2.05) is 30.5 Å². The van der Waals surface area contributed by atoms with Gasteiger partial charge in [0.2, 0.25) is 10.0 Å².